The second kappa shape index (κ2) is 23.3. The summed E-state index contributed by atoms with van der Waals surface area (Å²) in [5.74, 6) is -1.10. The zero-order valence-electron chi connectivity index (χ0n) is 20.2. The average Bonchev–Trinajstić information content (AvgIpc) is 2.75. The highest BCUT2D eigenvalue weighted by Crippen LogP contribution is 2.11. The van der Waals surface area contributed by atoms with E-state index >= 15 is 0 Å². The highest BCUT2D eigenvalue weighted by atomic mass is 16.4. The molecule has 0 bridgehead atoms. The lowest BCUT2D eigenvalue weighted by Gasteiger charge is -2.14. The third-order valence-corrected chi connectivity index (χ3v) is 5.75. The maximum absolute atomic E-state index is 11.9. The summed E-state index contributed by atoms with van der Waals surface area (Å²) in [5.41, 5.74) is 5.43. The van der Waals surface area contributed by atoms with E-state index in [9.17, 15) is 14.7 Å². The van der Waals surface area contributed by atoms with E-state index in [1.165, 1.54) is 77.0 Å². The molecule has 0 spiro atoms. The maximum atomic E-state index is 11.9. The Hall–Kier alpha value is -1.36. The molecule has 1 atom stereocenters. The Balaban J connectivity index is 3.45. The van der Waals surface area contributed by atoms with Crippen molar-refractivity contribution in [3.8, 4) is 0 Å². The van der Waals surface area contributed by atoms with E-state index in [4.69, 9.17) is 5.73 Å². The largest absolute Gasteiger partial charge is 0.480 e. The van der Waals surface area contributed by atoms with Crippen LogP contribution in [0, 0.1) is 0 Å². The summed E-state index contributed by atoms with van der Waals surface area (Å²) >= 11 is 0. The summed E-state index contributed by atoms with van der Waals surface area (Å²) in [7, 11) is 0. The first kappa shape index (κ1) is 29.6. The third kappa shape index (κ3) is 21.7. The summed E-state index contributed by atoms with van der Waals surface area (Å²) < 4.78 is 0. The van der Waals surface area contributed by atoms with Crippen molar-refractivity contribution in [1.82, 2.24) is 5.32 Å². The van der Waals surface area contributed by atoms with E-state index in [2.05, 4.69) is 24.4 Å². The first-order valence-electron chi connectivity index (χ1n) is 13.0. The van der Waals surface area contributed by atoms with Gasteiger partial charge in [0.05, 0.1) is 0 Å². The topological polar surface area (TPSA) is 92.4 Å². The molecule has 0 heterocycles. The number of amides is 1. The summed E-state index contributed by atoms with van der Waals surface area (Å²) in [4.78, 5) is 23.2. The van der Waals surface area contributed by atoms with Crippen LogP contribution in [-0.2, 0) is 9.59 Å². The molecule has 5 heteroatoms. The van der Waals surface area contributed by atoms with Crippen LogP contribution in [0.3, 0.4) is 0 Å². The fourth-order valence-corrected chi connectivity index (χ4v) is 3.73. The molecule has 0 saturated heterocycles. The quantitative estimate of drug-likeness (QED) is 0.125. The summed E-state index contributed by atoms with van der Waals surface area (Å²) in [6, 6.07) is -0.779. The molecular weight excluding hydrogens is 388 g/mol. The Kier molecular flexibility index (Phi) is 22.3. The van der Waals surface area contributed by atoms with Gasteiger partial charge in [0, 0.05) is 6.42 Å². The molecular formula is C26H50N2O3. The zero-order chi connectivity index (χ0) is 23.0. The second-order valence-corrected chi connectivity index (χ2v) is 8.78. The SMILES string of the molecule is CCCCCCCCC=CCCCCCCCCCC(=O)NC(CCCCN)C(=O)O. The minimum absolute atomic E-state index is 0.145. The van der Waals surface area contributed by atoms with Crippen molar-refractivity contribution in [2.24, 2.45) is 5.73 Å². The maximum Gasteiger partial charge on any atom is 0.326 e. The number of carboxylic acids is 1. The molecule has 0 aliphatic carbocycles. The number of allylic oxidation sites excluding steroid dienone is 2. The van der Waals surface area contributed by atoms with Gasteiger partial charge < -0.3 is 16.2 Å². The number of carbonyl (C=O) groups excluding carboxylic acids is 1. The van der Waals surface area contributed by atoms with Crippen molar-refractivity contribution in [2.75, 3.05) is 6.54 Å². The number of unbranched alkanes of at least 4 members (excludes halogenated alkanes) is 14. The average molecular weight is 439 g/mol. The molecule has 1 amide bonds. The highest BCUT2D eigenvalue weighted by molar-refractivity contribution is 5.83. The van der Waals surface area contributed by atoms with Crippen LogP contribution in [0.5, 0.6) is 0 Å². The van der Waals surface area contributed by atoms with E-state index < -0.39 is 12.0 Å². The van der Waals surface area contributed by atoms with Gasteiger partial charge in [0.25, 0.3) is 0 Å². The van der Waals surface area contributed by atoms with Crippen LogP contribution in [-0.4, -0.2) is 29.6 Å². The van der Waals surface area contributed by atoms with Crippen molar-refractivity contribution in [2.45, 2.75) is 135 Å². The van der Waals surface area contributed by atoms with Gasteiger partial charge in [0.2, 0.25) is 5.91 Å². The number of nitrogens with one attached hydrogen (secondary N) is 1. The van der Waals surface area contributed by atoms with Crippen molar-refractivity contribution in [3.63, 3.8) is 0 Å². The smallest absolute Gasteiger partial charge is 0.326 e. The van der Waals surface area contributed by atoms with Crippen molar-refractivity contribution in [1.29, 1.82) is 0 Å². The highest BCUT2D eigenvalue weighted by Gasteiger charge is 2.18. The fourth-order valence-electron chi connectivity index (χ4n) is 3.73. The van der Waals surface area contributed by atoms with Crippen LogP contribution in [0.4, 0.5) is 0 Å². The lowest BCUT2D eigenvalue weighted by atomic mass is 10.1. The number of hydrogen-bond acceptors (Lipinski definition) is 3. The van der Waals surface area contributed by atoms with E-state index in [0.29, 0.717) is 19.4 Å². The molecule has 0 saturated carbocycles. The normalized spacial score (nSPS) is 12.3. The Morgan fingerprint density at radius 2 is 1.29 bits per heavy atom. The first-order valence-corrected chi connectivity index (χ1v) is 13.0. The fraction of sp³-hybridized carbons (Fsp3) is 0.846. The molecule has 0 radical (unpaired) electrons. The lowest BCUT2D eigenvalue weighted by Crippen LogP contribution is -2.40. The number of carbonyl (C=O) groups is 2. The molecule has 31 heavy (non-hydrogen) atoms. The van der Waals surface area contributed by atoms with Crippen LogP contribution in [0.25, 0.3) is 0 Å². The number of carboxylic acid groups (broad SMARTS) is 1. The van der Waals surface area contributed by atoms with Gasteiger partial charge >= 0.3 is 5.97 Å². The van der Waals surface area contributed by atoms with Gasteiger partial charge in [0.1, 0.15) is 6.04 Å². The molecule has 0 aromatic carbocycles. The third-order valence-electron chi connectivity index (χ3n) is 5.75. The number of rotatable bonds is 23. The molecule has 0 aliphatic heterocycles. The minimum atomic E-state index is -0.956. The summed E-state index contributed by atoms with van der Waals surface area (Å²) in [6.45, 7) is 2.81. The Morgan fingerprint density at radius 3 is 1.81 bits per heavy atom. The van der Waals surface area contributed by atoms with Gasteiger partial charge in [0.15, 0.2) is 0 Å². The molecule has 4 N–H and O–H groups in total. The van der Waals surface area contributed by atoms with Gasteiger partial charge in [-0.1, -0.05) is 83.3 Å². The minimum Gasteiger partial charge on any atom is -0.480 e. The number of nitrogens with two attached hydrogens (primary N) is 1. The number of hydrogen-bond donors (Lipinski definition) is 3. The standard InChI is InChI=1S/C26H50N2O3/c1-2-3-4-5-6-7-8-9-10-11-12-13-14-15-16-17-18-22-25(29)28-24(26(30)31)21-19-20-23-27/h9-10,24H,2-8,11-23,27H2,1H3,(H,28,29)(H,30,31). The summed E-state index contributed by atoms with van der Waals surface area (Å²) in [6.07, 6.45) is 25.8. The molecule has 1 unspecified atom stereocenters. The van der Waals surface area contributed by atoms with Gasteiger partial charge in [-0.25, -0.2) is 4.79 Å². The van der Waals surface area contributed by atoms with Crippen molar-refractivity contribution < 1.29 is 14.7 Å². The van der Waals surface area contributed by atoms with E-state index in [1.807, 2.05) is 0 Å². The lowest BCUT2D eigenvalue weighted by molar-refractivity contribution is -0.142. The van der Waals surface area contributed by atoms with E-state index in [-0.39, 0.29) is 5.91 Å². The van der Waals surface area contributed by atoms with Crippen molar-refractivity contribution >= 4 is 11.9 Å². The molecule has 0 aromatic heterocycles. The molecule has 182 valence electrons. The molecule has 0 aromatic rings. The van der Waals surface area contributed by atoms with Gasteiger partial charge in [-0.15, -0.1) is 0 Å². The number of aliphatic carboxylic acids is 1. The van der Waals surface area contributed by atoms with Crippen LogP contribution in [0.2, 0.25) is 0 Å². The Labute approximate surface area is 191 Å². The Morgan fingerprint density at radius 1 is 0.774 bits per heavy atom. The first-order chi connectivity index (χ1) is 15.1. The van der Waals surface area contributed by atoms with Gasteiger partial charge in [-0.2, -0.15) is 0 Å². The monoisotopic (exact) mass is 438 g/mol. The van der Waals surface area contributed by atoms with E-state index in [1.54, 1.807) is 0 Å². The van der Waals surface area contributed by atoms with Crippen LogP contribution in [0.1, 0.15) is 129 Å². The molecule has 0 rings (SSSR count). The summed E-state index contributed by atoms with van der Waals surface area (Å²) in [5, 5.41) is 11.8. The Bertz CT molecular complexity index is 452. The predicted octanol–water partition coefficient (Wildman–Crippen LogP) is 6.50. The van der Waals surface area contributed by atoms with E-state index in [0.717, 1.165) is 32.1 Å². The van der Waals surface area contributed by atoms with Gasteiger partial charge in [-0.05, 0) is 57.9 Å². The van der Waals surface area contributed by atoms with Gasteiger partial charge in [-0.3, -0.25) is 4.79 Å². The zero-order valence-corrected chi connectivity index (χ0v) is 20.2. The predicted molar refractivity (Wildman–Crippen MR) is 131 cm³/mol. The van der Waals surface area contributed by atoms with Crippen LogP contribution in [0.15, 0.2) is 12.2 Å². The van der Waals surface area contributed by atoms with Crippen LogP contribution < -0.4 is 11.1 Å². The molecule has 0 fully saturated rings. The molecule has 0 aliphatic rings. The van der Waals surface area contributed by atoms with Crippen LogP contribution >= 0.6 is 0 Å². The second-order valence-electron chi connectivity index (χ2n) is 8.78. The molecule has 5 nitrogen and oxygen atoms in total. The van der Waals surface area contributed by atoms with Crippen molar-refractivity contribution in [3.05, 3.63) is 12.2 Å².